The highest BCUT2D eigenvalue weighted by atomic mass is 32.2. The van der Waals surface area contributed by atoms with Crippen LogP contribution in [0.4, 0.5) is 0 Å². The number of aliphatic carboxylic acids is 1. The van der Waals surface area contributed by atoms with Crippen LogP contribution < -0.4 is 5.32 Å². The molecule has 5 nitrogen and oxygen atoms in total. The second kappa shape index (κ2) is 5.91. The van der Waals surface area contributed by atoms with Crippen molar-refractivity contribution in [2.75, 3.05) is 18.8 Å². The van der Waals surface area contributed by atoms with Crippen LogP contribution in [-0.4, -0.2) is 52.1 Å². The maximum Gasteiger partial charge on any atom is 0.327 e. The summed E-state index contributed by atoms with van der Waals surface area (Å²) in [5.41, 5.74) is 0. The van der Waals surface area contributed by atoms with Gasteiger partial charge in [0, 0.05) is 12.3 Å². The molecule has 16 heavy (non-hydrogen) atoms. The van der Waals surface area contributed by atoms with Crippen LogP contribution in [0, 0.1) is 0 Å². The van der Waals surface area contributed by atoms with Crippen molar-refractivity contribution in [3.8, 4) is 0 Å². The molecule has 1 fully saturated rings. The van der Waals surface area contributed by atoms with Crippen LogP contribution in [0.25, 0.3) is 0 Å². The predicted molar refractivity (Wildman–Crippen MR) is 63.3 cm³/mol. The smallest absolute Gasteiger partial charge is 0.327 e. The van der Waals surface area contributed by atoms with E-state index in [1.165, 1.54) is 16.7 Å². The quantitative estimate of drug-likeness (QED) is 0.531. The molecule has 1 aliphatic heterocycles. The zero-order valence-electron chi connectivity index (χ0n) is 9.18. The average molecular weight is 244 g/mol. The molecule has 2 unspecified atom stereocenters. The Morgan fingerprint density at radius 2 is 2.38 bits per heavy atom. The summed E-state index contributed by atoms with van der Waals surface area (Å²) in [6, 6.07) is -0.696. The molecule has 0 saturated carbocycles. The third-order valence-electron chi connectivity index (χ3n) is 2.36. The predicted octanol–water partition coefficient (Wildman–Crippen LogP) is 0.137. The number of carbonyl (C=O) groups excluding carboxylic acids is 1. The Kier molecular flexibility index (Phi) is 4.82. The zero-order valence-corrected chi connectivity index (χ0v) is 10.00. The van der Waals surface area contributed by atoms with E-state index in [1.54, 1.807) is 6.08 Å². The lowest BCUT2D eigenvalue weighted by atomic mass is 10.2. The molecule has 1 amide bonds. The van der Waals surface area contributed by atoms with Crippen LogP contribution in [0.1, 0.15) is 6.92 Å². The number of carbonyl (C=O) groups is 2. The van der Waals surface area contributed by atoms with E-state index in [2.05, 4.69) is 11.9 Å². The van der Waals surface area contributed by atoms with Gasteiger partial charge in [-0.05, 0) is 6.92 Å². The van der Waals surface area contributed by atoms with Crippen LogP contribution in [0.15, 0.2) is 12.7 Å². The van der Waals surface area contributed by atoms with E-state index < -0.39 is 12.0 Å². The van der Waals surface area contributed by atoms with E-state index in [0.717, 1.165) is 0 Å². The molecule has 1 saturated heterocycles. The van der Waals surface area contributed by atoms with E-state index in [-0.39, 0.29) is 17.8 Å². The topological polar surface area (TPSA) is 69.6 Å². The molecule has 0 aromatic rings. The van der Waals surface area contributed by atoms with Crippen molar-refractivity contribution < 1.29 is 14.7 Å². The highest BCUT2D eigenvalue weighted by Crippen LogP contribution is 2.28. The number of rotatable bonds is 5. The van der Waals surface area contributed by atoms with Crippen LogP contribution in [-0.2, 0) is 9.59 Å². The van der Waals surface area contributed by atoms with Gasteiger partial charge in [-0.3, -0.25) is 4.79 Å². The molecule has 2 atom stereocenters. The minimum atomic E-state index is -0.936. The highest BCUT2D eigenvalue weighted by molar-refractivity contribution is 8.00. The first-order valence-corrected chi connectivity index (χ1v) is 6.10. The van der Waals surface area contributed by atoms with Crippen molar-refractivity contribution in [3.63, 3.8) is 0 Å². The lowest BCUT2D eigenvalue weighted by molar-refractivity contribution is -0.148. The van der Waals surface area contributed by atoms with Gasteiger partial charge in [0.1, 0.15) is 6.04 Å². The zero-order chi connectivity index (χ0) is 12.1. The molecule has 0 bridgehead atoms. The molecule has 0 radical (unpaired) electrons. The Labute approximate surface area is 98.9 Å². The van der Waals surface area contributed by atoms with Crippen molar-refractivity contribution in [2.45, 2.75) is 18.3 Å². The minimum Gasteiger partial charge on any atom is -0.480 e. The molecule has 1 heterocycles. The number of nitrogens with zero attached hydrogens (tertiary/aromatic N) is 1. The van der Waals surface area contributed by atoms with Crippen LogP contribution >= 0.6 is 11.8 Å². The Morgan fingerprint density at radius 1 is 1.69 bits per heavy atom. The molecule has 90 valence electrons. The lowest BCUT2D eigenvalue weighted by Gasteiger charge is -2.25. The Hall–Kier alpha value is -1.01. The van der Waals surface area contributed by atoms with Crippen molar-refractivity contribution >= 4 is 23.6 Å². The molecule has 0 aromatic carbocycles. The fourth-order valence-corrected chi connectivity index (χ4v) is 2.77. The van der Waals surface area contributed by atoms with Gasteiger partial charge >= 0.3 is 5.97 Å². The van der Waals surface area contributed by atoms with Crippen molar-refractivity contribution in [2.24, 2.45) is 0 Å². The monoisotopic (exact) mass is 244 g/mol. The van der Waals surface area contributed by atoms with Gasteiger partial charge in [0.15, 0.2) is 0 Å². The summed E-state index contributed by atoms with van der Waals surface area (Å²) in [6.07, 6.45) is 1.66. The summed E-state index contributed by atoms with van der Waals surface area (Å²) in [6.45, 7) is 6.07. The second-order valence-corrected chi connectivity index (χ2v) is 4.86. The molecule has 0 aliphatic carbocycles. The van der Waals surface area contributed by atoms with Gasteiger partial charge in [-0.1, -0.05) is 6.08 Å². The number of hydrogen-bond acceptors (Lipinski definition) is 4. The summed E-state index contributed by atoms with van der Waals surface area (Å²) in [5, 5.41) is 11.8. The Bertz CT molecular complexity index is 296. The van der Waals surface area contributed by atoms with Gasteiger partial charge in [-0.15, -0.1) is 18.3 Å². The largest absolute Gasteiger partial charge is 0.480 e. The minimum absolute atomic E-state index is 0.0702. The van der Waals surface area contributed by atoms with Crippen LogP contribution in [0.2, 0.25) is 0 Å². The van der Waals surface area contributed by atoms with Gasteiger partial charge in [0.2, 0.25) is 5.91 Å². The van der Waals surface area contributed by atoms with E-state index in [1.807, 2.05) is 6.92 Å². The average Bonchev–Trinajstić information content (AvgIpc) is 2.60. The van der Waals surface area contributed by atoms with Crippen molar-refractivity contribution in [1.82, 2.24) is 10.2 Å². The summed E-state index contributed by atoms with van der Waals surface area (Å²) < 4.78 is 0. The molecule has 1 rings (SSSR count). The summed E-state index contributed by atoms with van der Waals surface area (Å²) in [7, 11) is 0. The van der Waals surface area contributed by atoms with Gasteiger partial charge in [0.25, 0.3) is 0 Å². The van der Waals surface area contributed by atoms with Gasteiger partial charge in [-0.25, -0.2) is 4.79 Å². The maximum absolute atomic E-state index is 11.8. The number of amides is 1. The molecule has 6 heteroatoms. The molecular weight excluding hydrogens is 228 g/mol. The third-order valence-corrected chi connectivity index (χ3v) is 3.58. The third kappa shape index (κ3) is 2.99. The standard InChI is InChI=1S/C10H16N2O3S/c1-3-4-11-5-9(13)12-7(2)16-6-8(12)10(14)15/h3,7-8,11H,1,4-6H2,2H3,(H,14,15). The first kappa shape index (κ1) is 13.1. The molecule has 0 spiro atoms. The molecular formula is C10H16N2O3S. The Morgan fingerprint density at radius 3 is 2.94 bits per heavy atom. The molecule has 0 aromatic heterocycles. The van der Waals surface area contributed by atoms with E-state index >= 15 is 0 Å². The number of carboxylic acid groups (broad SMARTS) is 1. The normalized spacial score (nSPS) is 24.4. The van der Waals surface area contributed by atoms with Gasteiger partial charge < -0.3 is 15.3 Å². The van der Waals surface area contributed by atoms with Crippen molar-refractivity contribution in [3.05, 3.63) is 12.7 Å². The van der Waals surface area contributed by atoms with Gasteiger partial charge in [0.05, 0.1) is 11.9 Å². The SMILES string of the molecule is C=CCNCC(=O)N1C(C)SCC1C(=O)O. The second-order valence-electron chi connectivity index (χ2n) is 3.51. The van der Waals surface area contributed by atoms with E-state index in [0.29, 0.717) is 12.3 Å². The summed E-state index contributed by atoms with van der Waals surface area (Å²) >= 11 is 1.49. The van der Waals surface area contributed by atoms with E-state index in [9.17, 15) is 9.59 Å². The number of thioether (sulfide) groups is 1. The fraction of sp³-hybridized carbons (Fsp3) is 0.600. The van der Waals surface area contributed by atoms with Crippen LogP contribution in [0.3, 0.4) is 0 Å². The van der Waals surface area contributed by atoms with Gasteiger partial charge in [-0.2, -0.15) is 0 Å². The van der Waals surface area contributed by atoms with Crippen molar-refractivity contribution in [1.29, 1.82) is 0 Å². The summed E-state index contributed by atoms with van der Waals surface area (Å²) in [4.78, 5) is 24.2. The first-order valence-electron chi connectivity index (χ1n) is 5.05. The molecule has 2 N–H and O–H groups in total. The summed E-state index contributed by atoms with van der Waals surface area (Å²) in [5.74, 6) is -0.648. The fourth-order valence-electron chi connectivity index (χ4n) is 1.58. The lowest BCUT2D eigenvalue weighted by Crippen LogP contribution is -2.48. The highest BCUT2D eigenvalue weighted by Gasteiger charge is 2.38. The van der Waals surface area contributed by atoms with E-state index in [4.69, 9.17) is 5.11 Å². The first-order chi connectivity index (χ1) is 7.57. The number of carboxylic acids is 1. The Balaban J connectivity index is 2.57. The molecule has 1 aliphatic rings. The number of hydrogen-bond donors (Lipinski definition) is 2. The maximum atomic E-state index is 11.8. The van der Waals surface area contributed by atoms with Crippen LogP contribution in [0.5, 0.6) is 0 Å². The number of nitrogens with one attached hydrogen (secondary N) is 1.